The lowest BCUT2D eigenvalue weighted by Gasteiger charge is -2.30. The van der Waals surface area contributed by atoms with E-state index in [4.69, 9.17) is 14.3 Å². The topological polar surface area (TPSA) is 117 Å². The van der Waals surface area contributed by atoms with Crippen LogP contribution in [0.4, 0.5) is 4.79 Å². The van der Waals surface area contributed by atoms with Crippen LogP contribution in [0.15, 0.2) is 45.6 Å². The summed E-state index contributed by atoms with van der Waals surface area (Å²) in [6.45, 7) is 3.69. The van der Waals surface area contributed by atoms with Gasteiger partial charge in [0.2, 0.25) is 11.8 Å². The van der Waals surface area contributed by atoms with E-state index in [9.17, 15) is 9.59 Å². The number of allylic oxidation sites excluding steroid dienone is 3. The first-order valence-corrected chi connectivity index (χ1v) is 11.8. The molecule has 3 aliphatic rings. The number of oxazole rings is 1. The van der Waals surface area contributed by atoms with Gasteiger partial charge in [0.25, 0.3) is 0 Å². The minimum Gasteiger partial charge on any atom is -0.494 e. The second-order valence-electron chi connectivity index (χ2n) is 9.18. The maximum Gasteiger partial charge on any atom is 0.407 e. The molecule has 34 heavy (non-hydrogen) atoms. The second kappa shape index (κ2) is 9.32. The highest BCUT2D eigenvalue weighted by Crippen LogP contribution is 2.30. The van der Waals surface area contributed by atoms with Gasteiger partial charge >= 0.3 is 6.09 Å². The van der Waals surface area contributed by atoms with Crippen LogP contribution in [0.1, 0.15) is 50.5 Å². The van der Waals surface area contributed by atoms with E-state index in [1.165, 1.54) is 4.90 Å². The molecule has 178 valence electrons. The number of nitrogens with zero attached hydrogens (tertiary/aromatic N) is 3. The summed E-state index contributed by atoms with van der Waals surface area (Å²) in [6, 6.07) is 5.81. The van der Waals surface area contributed by atoms with Gasteiger partial charge in [0.05, 0.1) is 12.3 Å². The number of amides is 2. The molecule has 0 bridgehead atoms. The molecule has 2 N–H and O–H groups in total. The van der Waals surface area contributed by atoms with Crippen molar-refractivity contribution in [3.63, 3.8) is 0 Å². The van der Waals surface area contributed by atoms with Gasteiger partial charge in [-0.05, 0) is 55.9 Å². The molecular formula is C25H28N4O5. The van der Waals surface area contributed by atoms with Gasteiger partial charge in [0, 0.05) is 36.6 Å². The molecule has 2 aromatic rings. The van der Waals surface area contributed by atoms with E-state index >= 15 is 0 Å². The van der Waals surface area contributed by atoms with Crippen LogP contribution < -0.4 is 5.43 Å². The summed E-state index contributed by atoms with van der Waals surface area (Å²) >= 11 is 0. The summed E-state index contributed by atoms with van der Waals surface area (Å²) in [5.74, 6) is 1.72. The van der Waals surface area contributed by atoms with E-state index in [0.717, 1.165) is 53.8 Å². The van der Waals surface area contributed by atoms with E-state index < -0.39 is 6.09 Å². The van der Waals surface area contributed by atoms with Crippen LogP contribution in [0.3, 0.4) is 0 Å². The number of carboxylic acid groups (broad SMARTS) is 1. The lowest BCUT2D eigenvalue weighted by Crippen LogP contribution is -2.38. The highest BCUT2D eigenvalue weighted by atomic mass is 16.5. The molecule has 1 unspecified atom stereocenters. The Morgan fingerprint density at radius 3 is 2.91 bits per heavy atom. The van der Waals surface area contributed by atoms with Crippen LogP contribution in [0, 0.1) is 11.8 Å². The molecule has 3 heterocycles. The van der Waals surface area contributed by atoms with E-state index in [1.807, 2.05) is 31.2 Å². The van der Waals surface area contributed by atoms with E-state index in [-0.39, 0.29) is 11.8 Å². The number of nitrogens with one attached hydrogen (secondary N) is 1. The quantitative estimate of drug-likeness (QED) is 0.686. The Morgan fingerprint density at radius 2 is 2.15 bits per heavy atom. The number of carbonyl (C=O) groups is 2. The van der Waals surface area contributed by atoms with Gasteiger partial charge in [-0.25, -0.2) is 15.2 Å². The first-order valence-electron chi connectivity index (χ1n) is 11.8. The minimum atomic E-state index is -0.847. The van der Waals surface area contributed by atoms with Gasteiger partial charge in [0.1, 0.15) is 11.3 Å². The molecule has 1 aliphatic carbocycles. The summed E-state index contributed by atoms with van der Waals surface area (Å²) in [7, 11) is 0. The van der Waals surface area contributed by atoms with E-state index in [1.54, 1.807) is 0 Å². The molecule has 2 aliphatic heterocycles. The number of hydrogen-bond donors (Lipinski definition) is 2. The van der Waals surface area contributed by atoms with Crippen molar-refractivity contribution < 1.29 is 23.8 Å². The number of likely N-dealkylation sites (tertiary alicyclic amines) is 1. The van der Waals surface area contributed by atoms with Gasteiger partial charge < -0.3 is 19.2 Å². The fraction of sp³-hybridized carbons (Fsp3) is 0.440. The van der Waals surface area contributed by atoms with E-state index in [2.05, 4.69) is 21.6 Å². The fourth-order valence-electron chi connectivity index (χ4n) is 4.67. The smallest absolute Gasteiger partial charge is 0.407 e. The van der Waals surface area contributed by atoms with Crippen LogP contribution in [-0.4, -0.2) is 52.4 Å². The number of benzene rings is 1. The number of piperidine rings is 1. The van der Waals surface area contributed by atoms with Crippen LogP contribution in [0.25, 0.3) is 16.7 Å². The lowest BCUT2D eigenvalue weighted by atomic mass is 9.94. The normalized spacial score (nSPS) is 21.6. The molecule has 1 aromatic heterocycles. The molecule has 1 fully saturated rings. The molecule has 5 rings (SSSR count). The Labute approximate surface area is 197 Å². The Balaban J connectivity index is 1.26. The minimum absolute atomic E-state index is 0.0378. The van der Waals surface area contributed by atoms with Gasteiger partial charge in [-0.2, -0.15) is 5.10 Å². The molecular weight excluding hydrogens is 436 g/mol. The first-order chi connectivity index (χ1) is 16.5. The number of aromatic nitrogens is 1. The highest BCUT2D eigenvalue weighted by Gasteiger charge is 2.24. The summed E-state index contributed by atoms with van der Waals surface area (Å²) in [6.07, 6.45) is 6.93. The number of ether oxygens (including phenoxy) is 1. The molecule has 9 heteroatoms. The number of hydrogen-bond acceptors (Lipinski definition) is 6. The van der Waals surface area contributed by atoms with Crippen molar-refractivity contribution in [3.05, 3.63) is 47.6 Å². The maximum atomic E-state index is 11.6. The molecule has 0 saturated carbocycles. The van der Waals surface area contributed by atoms with Crippen molar-refractivity contribution in [2.24, 2.45) is 16.9 Å². The Morgan fingerprint density at radius 1 is 1.32 bits per heavy atom. The third-order valence-electron chi connectivity index (χ3n) is 6.66. The van der Waals surface area contributed by atoms with Crippen LogP contribution >= 0.6 is 0 Å². The number of hydrazone groups is 1. The highest BCUT2D eigenvalue weighted by molar-refractivity contribution is 6.07. The monoisotopic (exact) mass is 464 g/mol. The van der Waals surface area contributed by atoms with Crippen LogP contribution in [0.2, 0.25) is 0 Å². The summed E-state index contributed by atoms with van der Waals surface area (Å²) < 4.78 is 12.2. The Bertz CT molecular complexity index is 1200. The van der Waals surface area contributed by atoms with Gasteiger partial charge in [-0.1, -0.05) is 13.0 Å². The Kier molecular flexibility index (Phi) is 6.08. The van der Waals surface area contributed by atoms with Gasteiger partial charge in [-0.3, -0.25) is 4.79 Å². The fourth-order valence-corrected chi connectivity index (χ4v) is 4.67. The lowest BCUT2D eigenvalue weighted by molar-refractivity contribution is -0.121. The summed E-state index contributed by atoms with van der Waals surface area (Å²) in [5, 5.41) is 13.3. The molecule has 0 spiro atoms. The number of rotatable bonds is 5. The molecule has 0 radical (unpaired) electrons. The zero-order valence-corrected chi connectivity index (χ0v) is 19.1. The predicted octanol–water partition coefficient (Wildman–Crippen LogP) is 4.16. The average Bonchev–Trinajstić information content (AvgIpc) is 3.27. The number of fused-ring (bicyclic) bond motifs is 1. The van der Waals surface area contributed by atoms with Gasteiger partial charge in [0.15, 0.2) is 5.58 Å². The number of carbonyl (C=O) groups excluding carboxylic acids is 1. The zero-order chi connectivity index (χ0) is 23.7. The van der Waals surface area contributed by atoms with Crippen LogP contribution in [-0.2, 0) is 9.53 Å². The van der Waals surface area contributed by atoms with Crippen molar-refractivity contribution in [2.45, 2.75) is 39.0 Å². The molecule has 1 saturated heterocycles. The first kappa shape index (κ1) is 22.2. The van der Waals surface area contributed by atoms with Crippen molar-refractivity contribution in [2.75, 3.05) is 19.7 Å². The van der Waals surface area contributed by atoms with Crippen molar-refractivity contribution in [1.82, 2.24) is 15.3 Å². The largest absolute Gasteiger partial charge is 0.494 e. The average molecular weight is 465 g/mol. The SMILES string of the molecule is CC1CC(=O)NN=C1c1ccc2nc(C3=CC(OCC4CCN(C(=O)O)CC4)=CCC3)oc2c1. The van der Waals surface area contributed by atoms with Crippen molar-refractivity contribution in [3.8, 4) is 0 Å². The standard InChI is InChI=1S/C25H28N4O5/c1-15-11-22(30)27-28-23(15)17-5-6-20-21(13-17)34-24(26-20)18-3-2-4-19(12-18)33-14-16-7-9-29(10-8-16)25(31)32/h4-6,12-13,15-16H,2-3,7-11,14H2,1H3,(H,27,30)(H,31,32). The van der Waals surface area contributed by atoms with Crippen molar-refractivity contribution in [1.29, 1.82) is 0 Å². The van der Waals surface area contributed by atoms with Crippen LogP contribution in [0.5, 0.6) is 0 Å². The summed E-state index contributed by atoms with van der Waals surface area (Å²) in [5.41, 5.74) is 6.76. The van der Waals surface area contributed by atoms with Gasteiger partial charge in [-0.15, -0.1) is 0 Å². The zero-order valence-electron chi connectivity index (χ0n) is 19.1. The second-order valence-corrected chi connectivity index (χ2v) is 9.18. The summed E-state index contributed by atoms with van der Waals surface area (Å²) in [4.78, 5) is 28.8. The molecule has 1 aromatic carbocycles. The van der Waals surface area contributed by atoms with Crippen molar-refractivity contribution >= 4 is 34.4 Å². The Hall–Kier alpha value is -3.62. The molecule has 9 nitrogen and oxygen atoms in total. The predicted molar refractivity (Wildman–Crippen MR) is 126 cm³/mol. The molecule has 2 amide bonds. The third kappa shape index (κ3) is 4.69. The molecule has 1 atom stereocenters. The van der Waals surface area contributed by atoms with E-state index in [0.29, 0.717) is 43.5 Å². The maximum absolute atomic E-state index is 11.6. The third-order valence-corrected chi connectivity index (χ3v) is 6.66.